The molecular weight excluding hydrogens is 196 g/mol. The summed E-state index contributed by atoms with van der Waals surface area (Å²) < 4.78 is 10.2. The number of hydrogen-bond donors (Lipinski definition) is 1. The zero-order valence-corrected chi connectivity index (χ0v) is 7.97. The van der Waals surface area contributed by atoms with Crippen molar-refractivity contribution >= 4 is 5.97 Å². The zero-order valence-electron chi connectivity index (χ0n) is 7.97. The van der Waals surface area contributed by atoms with Crippen LogP contribution < -0.4 is 0 Å². The van der Waals surface area contributed by atoms with Crippen LogP contribution >= 0.6 is 0 Å². The lowest BCUT2D eigenvalue weighted by Crippen LogP contribution is -1.96. The van der Waals surface area contributed by atoms with Crippen LogP contribution in [0.2, 0.25) is 0 Å². The van der Waals surface area contributed by atoms with E-state index >= 15 is 0 Å². The molecule has 4 heteroatoms. The minimum absolute atomic E-state index is 0.0176. The number of aliphatic hydroxyl groups excluding tert-OH is 1. The molecule has 1 N–H and O–H groups in total. The van der Waals surface area contributed by atoms with Gasteiger partial charge in [0, 0.05) is 5.56 Å². The molecule has 78 valence electrons. The largest absolute Gasteiger partial charge is 0.457 e. The molecule has 3 rings (SSSR count). The first-order chi connectivity index (χ1) is 7.29. The Morgan fingerprint density at radius 2 is 2.33 bits per heavy atom. The lowest BCUT2D eigenvalue weighted by Gasteiger charge is -1.98. The highest BCUT2D eigenvalue weighted by molar-refractivity contribution is 5.93. The van der Waals surface area contributed by atoms with Crippen molar-refractivity contribution < 1.29 is 19.4 Å². The summed E-state index contributed by atoms with van der Waals surface area (Å²) in [5, 5.41) is 8.87. The van der Waals surface area contributed by atoms with E-state index in [9.17, 15) is 4.79 Å². The van der Waals surface area contributed by atoms with Gasteiger partial charge in [-0.25, -0.2) is 4.79 Å². The van der Waals surface area contributed by atoms with Crippen molar-refractivity contribution in [1.29, 1.82) is 0 Å². The van der Waals surface area contributed by atoms with Gasteiger partial charge in [0.1, 0.15) is 18.8 Å². The van der Waals surface area contributed by atoms with E-state index in [1.807, 2.05) is 12.1 Å². The molecule has 15 heavy (non-hydrogen) atoms. The van der Waals surface area contributed by atoms with E-state index in [1.54, 1.807) is 6.07 Å². The third kappa shape index (κ3) is 1.33. The van der Waals surface area contributed by atoms with E-state index in [2.05, 4.69) is 0 Å². The van der Waals surface area contributed by atoms with E-state index in [4.69, 9.17) is 14.6 Å². The number of esters is 1. The van der Waals surface area contributed by atoms with Crippen molar-refractivity contribution in [3.05, 3.63) is 34.9 Å². The van der Waals surface area contributed by atoms with Gasteiger partial charge in [-0.2, -0.15) is 0 Å². The van der Waals surface area contributed by atoms with Gasteiger partial charge in [0.05, 0.1) is 12.2 Å². The molecule has 0 aromatic heterocycles. The van der Waals surface area contributed by atoms with Gasteiger partial charge in [0.2, 0.25) is 0 Å². The van der Waals surface area contributed by atoms with Gasteiger partial charge in [0.25, 0.3) is 0 Å². The topological polar surface area (TPSA) is 59.1 Å². The molecule has 4 nitrogen and oxygen atoms in total. The summed E-state index contributed by atoms with van der Waals surface area (Å²) in [5.74, 6) is -0.257. The molecule has 2 heterocycles. The quantitative estimate of drug-likeness (QED) is 0.574. The molecule has 0 bridgehead atoms. The van der Waals surface area contributed by atoms with Crippen LogP contribution in [0.3, 0.4) is 0 Å². The number of fused-ring (bicyclic) bond motifs is 1. The minimum Gasteiger partial charge on any atom is -0.457 e. The van der Waals surface area contributed by atoms with Crippen molar-refractivity contribution in [3.63, 3.8) is 0 Å². The molecule has 0 saturated carbocycles. The van der Waals surface area contributed by atoms with E-state index in [1.165, 1.54) is 0 Å². The first-order valence-corrected chi connectivity index (χ1v) is 4.86. The Balaban J connectivity index is 1.91. The summed E-state index contributed by atoms with van der Waals surface area (Å²) in [6.45, 7) is 0.385. The molecule has 1 saturated heterocycles. The second-order valence-electron chi connectivity index (χ2n) is 3.77. The van der Waals surface area contributed by atoms with Gasteiger partial charge in [-0.1, -0.05) is 6.07 Å². The van der Waals surface area contributed by atoms with Crippen molar-refractivity contribution in [1.82, 2.24) is 0 Å². The normalized spacial score (nSPS) is 27.4. The Morgan fingerprint density at radius 3 is 3.07 bits per heavy atom. The average molecular weight is 206 g/mol. The molecule has 0 spiro atoms. The molecule has 1 fully saturated rings. The Labute approximate surface area is 86.4 Å². The number of benzene rings is 1. The summed E-state index contributed by atoms with van der Waals surface area (Å²) in [7, 11) is 0. The maximum atomic E-state index is 11.2. The summed E-state index contributed by atoms with van der Waals surface area (Å²) in [6, 6.07) is 5.53. The van der Waals surface area contributed by atoms with Gasteiger partial charge in [-0.3, -0.25) is 0 Å². The zero-order chi connectivity index (χ0) is 10.4. The second-order valence-corrected chi connectivity index (χ2v) is 3.77. The predicted octanol–water partition coefficient (Wildman–Crippen LogP) is 0.789. The van der Waals surface area contributed by atoms with Crippen LogP contribution in [0.5, 0.6) is 0 Å². The Hall–Kier alpha value is -1.39. The van der Waals surface area contributed by atoms with Crippen LogP contribution in [0, 0.1) is 0 Å². The molecule has 1 aromatic carbocycles. The Kier molecular flexibility index (Phi) is 1.81. The molecule has 2 aliphatic rings. The van der Waals surface area contributed by atoms with Gasteiger partial charge in [-0.15, -0.1) is 0 Å². The third-order valence-electron chi connectivity index (χ3n) is 2.80. The van der Waals surface area contributed by atoms with Crippen LogP contribution in [0.15, 0.2) is 18.2 Å². The lowest BCUT2D eigenvalue weighted by molar-refractivity contribution is 0.0535. The molecule has 0 radical (unpaired) electrons. The summed E-state index contributed by atoms with van der Waals surface area (Å²) in [4.78, 5) is 11.2. The number of cyclic esters (lactones) is 1. The number of carbonyl (C=O) groups excluding carboxylic acids is 1. The highest BCUT2D eigenvalue weighted by Gasteiger charge is 2.40. The fraction of sp³-hybridized carbons (Fsp3) is 0.364. The highest BCUT2D eigenvalue weighted by Crippen LogP contribution is 2.39. The molecule has 1 aromatic rings. The molecule has 0 amide bonds. The van der Waals surface area contributed by atoms with Crippen molar-refractivity contribution in [3.8, 4) is 0 Å². The SMILES string of the molecule is O=C1OCc2cc(C3OC3CO)ccc21. The van der Waals surface area contributed by atoms with E-state index < -0.39 is 0 Å². The van der Waals surface area contributed by atoms with Crippen molar-refractivity contribution in [2.24, 2.45) is 0 Å². The fourth-order valence-electron chi connectivity index (χ4n) is 1.91. The monoisotopic (exact) mass is 206 g/mol. The maximum Gasteiger partial charge on any atom is 0.338 e. The molecule has 2 unspecified atom stereocenters. The molecular formula is C11H10O4. The van der Waals surface area contributed by atoms with E-state index in [-0.39, 0.29) is 24.8 Å². The van der Waals surface area contributed by atoms with Crippen molar-refractivity contribution in [2.75, 3.05) is 6.61 Å². The number of ether oxygens (including phenoxy) is 2. The maximum absolute atomic E-state index is 11.2. The van der Waals surface area contributed by atoms with Crippen LogP contribution in [-0.4, -0.2) is 23.8 Å². The highest BCUT2D eigenvalue weighted by atomic mass is 16.6. The summed E-state index contributed by atoms with van der Waals surface area (Å²) >= 11 is 0. The smallest absolute Gasteiger partial charge is 0.338 e. The van der Waals surface area contributed by atoms with Gasteiger partial charge >= 0.3 is 5.97 Å². The second kappa shape index (κ2) is 3.05. The van der Waals surface area contributed by atoms with Gasteiger partial charge in [0.15, 0.2) is 0 Å². The van der Waals surface area contributed by atoms with Crippen LogP contribution in [0.4, 0.5) is 0 Å². The number of carbonyl (C=O) groups is 1. The molecule has 0 aliphatic carbocycles. The van der Waals surface area contributed by atoms with Gasteiger partial charge < -0.3 is 14.6 Å². The first-order valence-electron chi connectivity index (χ1n) is 4.86. The number of aliphatic hydroxyl groups is 1. The molecule has 2 aliphatic heterocycles. The van der Waals surface area contributed by atoms with E-state index in [0.29, 0.717) is 12.2 Å². The van der Waals surface area contributed by atoms with Crippen molar-refractivity contribution in [2.45, 2.75) is 18.8 Å². The predicted molar refractivity (Wildman–Crippen MR) is 50.3 cm³/mol. The van der Waals surface area contributed by atoms with E-state index in [0.717, 1.165) is 11.1 Å². The standard InChI is InChI=1S/C11H10O4/c12-4-9-10(15-9)6-1-2-8-7(3-6)5-14-11(8)13/h1-3,9-10,12H,4-5H2. The Bertz CT molecular complexity index is 427. The number of hydrogen-bond acceptors (Lipinski definition) is 4. The number of epoxide rings is 1. The number of rotatable bonds is 2. The van der Waals surface area contributed by atoms with Gasteiger partial charge in [-0.05, 0) is 17.7 Å². The average Bonchev–Trinajstić information content (AvgIpc) is 2.97. The summed E-state index contributed by atoms with van der Waals surface area (Å²) in [5.41, 5.74) is 2.55. The first kappa shape index (κ1) is 8.88. The summed E-state index contributed by atoms with van der Waals surface area (Å²) in [6.07, 6.45) is -0.0999. The van der Waals surface area contributed by atoms with Crippen LogP contribution in [-0.2, 0) is 16.1 Å². The molecule has 2 atom stereocenters. The third-order valence-corrected chi connectivity index (χ3v) is 2.80. The fourth-order valence-corrected chi connectivity index (χ4v) is 1.91. The van der Waals surface area contributed by atoms with Crippen LogP contribution in [0.1, 0.15) is 27.6 Å². The Morgan fingerprint density at radius 1 is 1.47 bits per heavy atom. The lowest BCUT2D eigenvalue weighted by atomic mass is 10.0. The van der Waals surface area contributed by atoms with Crippen LogP contribution in [0.25, 0.3) is 0 Å². The minimum atomic E-state index is -0.257.